The van der Waals surface area contributed by atoms with E-state index in [1.54, 1.807) is 0 Å². The topological polar surface area (TPSA) is 55.1 Å². The van der Waals surface area contributed by atoms with Crippen LogP contribution in [-0.4, -0.2) is 18.5 Å². The average molecular weight is 266 g/mol. The Balaban J connectivity index is 1.74. The summed E-state index contributed by atoms with van der Waals surface area (Å²) >= 11 is 0. The van der Waals surface area contributed by atoms with Crippen LogP contribution in [0.4, 0.5) is 0 Å². The molecule has 3 nitrogen and oxygen atoms in total. The van der Waals surface area contributed by atoms with E-state index in [-0.39, 0.29) is 5.92 Å². The van der Waals surface area contributed by atoms with Crippen LogP contribution in [0.3, 0.4) is 0 Å². The summed E-state index contributed by atoms with van der Waals surface area (Å²) in [6.45, 7) is 2.98. The Bertz CT molecular complexity index is 278. The molecular weight excluding hydrogens is 236 g/mol. The normalized spacial score (nSPS) is 30.8. The molecule has 1 unspecified atom stereocenters. The van der Waals surface area contributed by atoms with Crippen molar-refractivity contribution >= 4 is 5.91 Å². The van der Waals surface area contributed by atoms with Crippen molar-refractivity contribution in [1.29, 1.82) is 0 Å². The number of hydrogen-bond acceptors (Lipinski definition) is 2. The molecule has 0 saturated heterocycles. The van der Waals surface area contributed by atoms with E-state index < -0.39 is 0 Å². The Morgan fingerprint density at radius 3 is 2.32 bits per heavy atom. The van der Waals surface area contributed by atoms with Gasteiger partial charge in [-0.25, -0.2) is 0 Å². The van der Waals surface area contributed by atoms with Gasteiger partial charge in [-0.1, -0.05) is 19.3 Å². The summed E-state index contributed by atoms with van der Waals surface area (Å²) in [5.74, 6) is 1.90. The van der Waals surface area contributed by atoms with E-state index in [2.05, 4.69) is 12.2 Å². The molecule has 2 aliphatic carbocycles. The van der Waals surface area contributed by atoms with E-state index in [1.165, 1.54) is 32.1 Å². The first-order valence-electron chi connectivity index (χ1n) is 8.21. The number of amides is 1. The third-order valence-electron chi connectivity index (χ3n) is 5.28. The van der Waals surface area contributed by atoms with Crippen molar-refractivity contribution in [2.45, 2.75) is 70.8 Å². The van der Waals surface area contributed by atoms with Crippen molar-refractivity contribution in [3.63, 3.8) is 0 Å². The molecule has 0 heterocycles. The number of carbonyl (C=O) groups excluding carboxylic acids is 1. The minimum absolute atomic E-state index is 0.244. The van der Waals surface area contributed by atoms with E-state index >= 15 is 0 Å². The number of rotatable bonds is 4. The lowest BCUT2D eigenvalue weighted by Gasteiger charge is -2.31. The van der Waals surface area contributed by atoms with Crippen LogP contribution in [0.2, 0.25) is 0 Å². The highest BCUT2D eigenvalue weighted by molar-refractivity contribution is 5.79. The van der Waals surface area contributed by atoms with Gasteiger partial charge in [-0.2, -0.15) is 0 Å². The third-order valence-corrected chi connectivity index (χ3v) is 5.28. The molecule has 0 aliphatic heterocycles. The summed E-state index contributed by atoms with van der Waals surface area (Å²) in [6.07, 6.45) is 11.0. The lowest BCUT2D eigenvalue weighted by atomic mass is 9.81. The molecule has 2 rings (SSSR count). The Hall–Kier alpha value is -0.570. The minimum atomic E-state index is 0.244. The highest BCUT2D eigenvalue weighted by Gasteiger charge is 2.28. The van der Waals surface area contributed by atoms with Crippen LogP contribution in [0, 0.1) is 17.8 Å². The monoisotopic (exact) mass is 266 g/mol. The van der Waals surface area contributed by atoms with Crippen molar-refractivity contribution in [2.75, 3.05) is 6.54 Å². The second-order valence-corrected chi connectivity index (χ2v) is 6.65. The van der Waals surface area contributed by atoms with Gasteiger partial charge in [0.25, 0.3) is 0 Å². The zero-order valence-corrected chi connectivity index (χ0v) is 12.4. The SMILES string of the molecule is CC(NC(=O)C1CCC(CN)CC1)C1CCCCC1. The fourth-order valence-corrected chi connectivity index (χ4v) is 3.75. The predicted octanol–water partition coefficient (Wildman–Crippen LogP) is 2.84. The maximum Gasteiger partial charge on any atom is 0.223 e. The molecule has 3 N–H and O–H groups in total. The van der Waals surface area contributed by atoms with Crippen molar-refractivity contribution in [1.82, 2.24) is 5.32 Å². The number of nitrogens with one attached hydrogen (secondary N) is 1. The summed E-state index contributed by atoms with van der Waals surface area (Å²) in [7, 11) is 0. The molecule has 19 heavy (non-hydrogen) atoms. The number of hydrogen-bond donors (Lipinski definition) is 2. The van der Waals surface area contributed by atoms with Gasteiger partial charge in [-0.05, 0) is 63.8 Å². The van der Waals surface area contributed by atoms with Crippen molar-refractivity contribution < 1.29 is 4.79 Å². The molecular formula is C16H30N2O. The second-order valence-electron chi connectivity index (χ2n) is 6.65. The molecule has 3 heteroatoms. The molecule has 1 atom stereocenters. The van der Waals surface area contributed by atoms with Crippen LogP contribution < -0.4 is 11.1 Å². The van der Waals surface area contributed by atoms with E-state index in [0.717, 1.165) is 32.2 Å². The quantitative estimate of drug-likeness (QED) is 0.822. The molecule has 0 spiro atoms. The van der Waals surface area contributed by atoms with Gasteiger partial charge in [-0.15, -0.1) is 0 Å². The lowest BCUT2D eigenvalue weighted by Crippen LogP contribution is -2.43. The van der Waals surface area contributed by atoms with E-state index in [1.807, 2.05) is 0 Å². The van der Waals surface area contributed by atoms with Crippen molar-refractivity contribution in [3.8, 4) is 0 Å². The van der Waals surface area contributed by atoms with E-state index in [0.29, 0.717) is 23.8 Å². The van der Waals surface area contributed by atoms with E-state index in [4.69, 9.17) is 5.73 Å². The van der Waals surface area contributed by atoms with Gasteiger partial charge >= 0.3 is 0 Å². The maximum atomic E-state index is 12.3. The molecule has 0 aromatic heterocycles. The van der Waals surface area contributed by atoms with Crippen LogP contribution in [0.5, 0.6) is 0 Å². The van der Waals surface area contributed by atoms with E-state index in [9.17, 15) is 4.79 Å². The first-order chi connectivity index (χ1) is 9.20. The van der Waals surface area contributed by atoms with Gasteiger partial charge in [0.1, 0.15) is 0 Å². The van der Waals surface area contributed by atoms with Crippen LogP contribution in [0.25, 0.3) is 0 Å². The van der Waals surface area contributed by atoms with Gasteiger partial charge in [0, 0.05) is 12.0 Å². The van der Waals surface area contributed by atoms with Gasteiger partial charge in [0.2, 0.25) is 5.91 Å². The van der Waals surface area contributed by atoms with Crippen molar-refractivity contribution in [2.24, 2.45) is 23.5 Å². The number of carbonyl (C=O) groups is 1. The Kier molecular flexibility index (Phi) is 5.68. The Labute approximate surface area is 117 Å². The van der Waals surface area contributed by atoms with Gasteiger partial charge in [-0.3, -0.25) is 4.79 Å². The fourth-order valence-electron chi connectivity index (χ4n) is 3.75. The molecule has 2 saturated carbocycles. The summed E-state index contributed by atoms with van der Waals surface area (Å²) in [5.41, 5.74) is 5.70. The fraction of sp³-hybridized carbons (Fsp3) is 0.938. The molecule has 0 aromatic carbocycles. The largest absolute Gasteiger partial charge is 0.353 e. The van der Waals surface area contributed by atoms with Crippen molar-refractivity contribution in [3.05, 3.63) is 0 Å². The molecule has 1 amide bonds. The van der Waals surface area contributed by atoms with Gasteiger partial charge in [0.15, 0.2) is 0 Å². The minimum Gasteiger partial charge on any atom is -0.353 e. The average Bonchev–Trinajstić information content (AvgIpc) is 2.48. The molecule has 0 radical (unpaired) electrons. The van der Waals surface area contributed by atoms with Gasteiger partial charge in [0.05, 0.1) is 0 Å². The summed E-state index contributed by atoms with van der Waals surface area (Å²) in [4.78, 5) is 12.3. The predicted molar refractivity (Wildman–Crippen MR) is 78.7 cm³/mol. The smallest absolute Gasteiger partial charge is 0.223 e. The standard InChI is InChI=1S/C16H30N2O/c1-12(14-5-3-2-4-6-14)18-16(19)15-9-7-13(11-17)8-10-15/h12-15H,2-11,17H2,1H3,(H,18,19). The molecule has 0 bridgehead atoms. The lowest BCUT2D eigenvalue weighted by molar-refractivity contribution is -0.127. The summed E-state index contributed by atoms with van der Waals surface area (Å²) in [5, 5.41) is 3.28. The maximum absolute atomic E-state index is 12.3. The number of nitrogens with two attached hydrogens (primary N) is 1. The summed E-state index contributed by atoms with van der Waals surface area (Å²) in [6, 6.07) is 0.361. The third kappa shape index (κ3) is 4.20. The zero-order valence-electron chi connectivity index (χ0n) is 12.4. The highest BCUT2D eigenvalue weighted by Crippen LogP contribution is 2.30. The van der Waals surface area contributed by atoms with Crippen LogP contribution in [0.15, 0.2) is 0 Å². The second kappa shape index (κ2) is 7.28. The highest BCUT2D eigenvalue weighted by atomic mass is 16.1. The van der Waals surface area contributed by atoms with Crippen LogP contribution >= 0.6 is 0 Å². The molecule has 2 fully saturated rings. The molecule has 110 valence electrons. The first-order valence-corrected chi connectivity index (χ1v) is 8.21. The van der Waals surface area contributed by atoms with Crippen LogP contribution in [0.1, 0.15) is 64.7 Å². The Morgan fingerprint density at radius 2 is 1.74 bits per heavy atom. The molecule has 0 aromatic rings. The van der Waals surface area contributed by atoms with Gasteiger partial charge < -0.3 is 11.1 Å². The van der Waals surface area contributed by atoms with Crippen LogP contribution in [-0.2, 0) is 4.79 Å². The zero-order chi connectivity index (χ0) is 13.7. The molecule has 2 aliphatic rings. The summed E-state index contributed by atoms with van der Waals surface area (Å²) < 4.78 is 0. The first kappa shape index (κ1) is 14.8. The Morgan fingerprint density at radius 1 is 1.11 bits per heavy atom.